The van der Waals surface area contributed by atoms with Crippen molar-refractivity contribution in [1.29, 1.82) is 5.26 Å². The zero-order valence-corrected chi connectivity index (χ0v) is 12.0. The van der Waals surface area contributed by atoms with Crippen molar-refractivity contribution >= 4 is 11.6 Å². The summed E-state index contributed by atoms with van der Waals surface area (Å²) in [5, 5.41) is 11.5. The van der Waals surface area contributed by atoms with Gasteiger partial charge in [0, 0.05) is 5.69 Å². The smallest absolute Gasteiger partial charge is 0.262 e. The summed E-state index contributed by atoms with van der Waals surface area (Å²) in [6.45, 7) is 3.95. The van der Waals surface area contributed by atoms with Gasteiger partial charge < -0.3 is 10.1 Å². The zero-order chi connectivity index (χ0) is 15.2. The van der Waals surface area contributed by atoms with E-state index in [1.54, 1.807) is 24.3 Å². The minimum absolute atomic E-state index is 0.0706. The lowest BCUT2D eigenvalue weighted by atomic mass is 10.1. The Morgan fingerprint density at radius 2 is 1.86 bits per heavy atom. The van der Waals surface area contributed by atoms with Crippen molar-refractivity contribution in [3.63, 3.8) is 0 Å². The van der Waals surface area contributed by atoms with Crippen molar-refractivity contribution in [2.75, 3.05) is 11.9 Å². The number of carbonyl (C=O) groups excluding carboxylic acids is 1. The quantitative estimate of drug-likeness (QED) is 0.935. The van der Waals surface area contributed by atoms with E-state index < -0.39 is 0 Å². The molecule has 0 aliphatic carbocycles. The highest BCUT2D eigenvalue weighted by atomic mass is 16.5. The van der Waals surface area contributed by atoms with Gasteiger partial charge in [-0.25, -0.2) is 0 Å². The van der Waals surface area contributed by atoms with Crippen molar-refractivity contribution < 1.29 is 9.53 Å². The molecular formula is C17H16N2O2. The molecule has 0 saturated carbocycles. The number of nitrogens with one attached hydrogen (secondary N) is 1. The van der Waals surface area contributed by atoms with E-state index in [1.807, 2.05) is 38.1 Å². The van der Waals surface area contributed by atoms with Crippen LogP contribution in [0.15, 0.2) is 42.5 Å². The lowest BCUT2D eigenvalue weighted by Gasteiger charge is -2.09. The van der Waals surface area contributed by atoms with Crippen LogP contribution in [0.4, 0.5) is 5.69 Å². The average molecular weight is 280 g/mol. The molecule has 4 heteroatoms. The Morgan fingerprint density at radius 3 is 2.48 bits per heavy atom. The topological polar surface area (TPSA) is 62.1 Å². The van der Waals surface area contributed by atoms with Gasteiger partial charge in [0.15, 0.2) is 6.61 Å². The second-order valence-corrected chi connectivity index (χ2v) is 4.77. The Labute approximate surface area is 124 Å². The van der Waals surface area contributed by atoms with Crippen LogP contribution < -0.4 is 10.1 Å². The molecule has 1 amide bonds. The number of hydrogen-bond donors (Lipinski definition) is 1. The molecule has 0 aromatic heterocycles. The van der Waals surface area contributed by atoms with Crippen LogP contribution in [0, 0.1) is 25.2 Å². The monoisotopic (exact) mass is 280 g/mol. The highest BCUT2D eigenvalue weighted by molar-refractivity contribution is 5.92. The third-order valence-electron chi connectivity index (χ3n) is 3.14. The Morgan fingerprint density at radius 1 is 1.14 bits per heavy atom. The molecule has 2 aromatic rings. The molecule has 0 unspecified atom stereocenters. The first-order valence-corrected chi connectivity index (χ1v) is 6.58. The first-order chi connectivity index (χ1) is 10.1. The molecule has 21 heavy (non-hydrogen) atoms. The summed E-state index contributed by atoms with van der Waals surface area (Å²) in [7, 11) is 0. The lowest BCUT2D eigenvalue weighted by Crippen LogP contribution is -2.20. The Bertz CT molecular complexity index is 685. The molecule has 1 N–H and O–H groups in total. The van der Waals surface area contributed by atoms with E-state index in [2.05, 4.69) is 5.32 Å². The van der Waals surface area contributed by atoms with Gasteiger partial charge in [-0.2, -0.15) is 5.26 Å². The minimum atomic E-state index is -0.220. The number of nitrogens with zero attached hydrogens (tertiary/aromatic N) is 1. The number of nitriles is 1. The van der Waals surface area contributed by atoms with E-state index in [-0.39, 0.29) is 12.5 Å². The number of aryl methyl sites for hydroxylation is 2. The number of amides is 1. The van der Waals surface area contributed by atoms with Crippen LogP contribution in [0.2, 0.25) is 0 Å². The first-order valence-electron chi connectivity index (χ1n) is 6.58. The van der Waals surface area contributed by atoms with Gasteiger partial charge in [0.05, 0.1) is 11.6 Å². The number of ether oxygens (including phenoxy) is 1. The van der Waals surface area contributed by atoms with E-state index in [4.69, 9.17) is 10.00 Å². The van der Waals surface area contributed by atoms with Crippen LogP contribution in [0.1, 0.15) is 16.7 Å². The Kier molecular flexibility index (Phi) is 4.57. The second kappa shape index (κ2) is 6.58. The molecule has 0 spiro atoms. The van der Waals surface area contributed by atoms with Crippen LogP contribution in [0.5, 0.6) is 5.75 Å². The first kappa shape index (κ1) is 14.6. The van der Waals surface area contributed by atoms with Gasteiger partial charge in [-0.1, -0.05) is 6.07 Å². The van der Waals surface area contributed by atoms with Gasteiger partial charge in [-0.15, -0.1) is 0 Å². The van der Waals surface area contributed by atoms with Gasteiger partial charge >= 0.3 is 0 Å². The second-order valence-electron chi connectivity index (χ2n) is 4.77. The fourth-order valence-electron chi connectivity index (χ4n) is 1.79. The maximum Gasteiger partial charge on any atom is 0.262 e. The number of hydrogen-bond acceptors (Lipinski definition) is 3. The SMILES string of the molecule is Cc1ccc(NC(=O)COc2ccc(C#N)cc2)cc1C. The molecule has 4 nitrogen and oxygen atoms in total. The molecule has 0 saturated heterocycles. The summed E-state index contributed by atoms with van der Waals surface area (Å²) in [6, 6.07) is 14.4. The molecule has 0 aliphatic heterocycles. The van der Waals surface area contributed by atoms with Crippen LogP contribution in [0.3, 0.4) is 0 Å². The van der Waals surface area contributed by atoms with Crippen LogP contribution in [-0.2, 0) is 4.79 Å². The summed E-state index contributed by atoms with van der Waals surface area (Å²) in [5.41, 5.74) is 3.62. The summed E-state index contributed by atoms with van der Waals surface area (Å²) in [6.07, 6.45) is 0. The predicted octanol–water partition coefficient (Wildman–Crippen LogP) is 3.19. The number of anilines is 1. The van der Waals surface area contributed by atoms with E-state index in [1.165, 1.54) is 5.56 Å². The van der Waals surface area contributed by atoms with E-state index >= 15 is 0 Å². The standard InChI is InChI=1S/C17H16N2O2/c1-12-3-6-15(9-13(12)2)19-17(20)11-21-16-7-4-14(10-18)5-8-16/h3-9H,11H2,1-2H3,(H,19,20). The Balaban J connectivity index is 1.89. The van der Waals surface area contributed by atoms with Crippen LogP contribution in [0.25, 0.3) is 0 Å². The summed E-state index contributed by atoms with van der Waals surface area (Å²) >= 11 is 0. The molecule has 0 fully saturated rings. The highest BCUT2D eigenvalue weighted by Gasteiger charge is 2.04. The van der Waals surface area contributed by atoms with Crippen LogP contribution >= 0.6 is 0 Å². The van der Waals surface area contributed by atoms with Crippen molar-refractivity contribution in [1.82, 2.24) is 0 Å². The van der Waals surface area contributed by atoms with Gasteiger partial charge in [0.2, 0.25) is 0 Å². The number of benzene rings is 2. The third kappa shape index (κ3) is 4.08. The fraction of sp³-hybridized carbons (Fsp3) is 0.176. The van der Waals surface area contributed by atoms with Crippen molar-refractivity contribution in [2.24, 2.45) is 0 Å². The molecule has 0 bridgehead atoms. The summed E-state index contributed by atoms with van der Waals surface area (Å²) in [4.78, 5) is 11.8. The highest BCUT2D eigenvalue weighted by Crippen LogP contribution is 2.15. The molecule has 0 radical (unpaired) electrons. The maximum atomic E-state index is 11.8. The van der Waals surface area contributed by atoms with E-state index in [0.29, 0.717) is 11.3 Å². The molecule has 0 heterocycles. The minimum Gasteiger partial charge on any atom is -0.484 e. The normalized spacial score (nSPS) is 9.76. The van der Waals surface area contributed by atoms with E-state index in [0.717, 1.165) is 11.3 Å². The fourth-order valence-corrected chi connectivity index (χ4v) is 1.79. The zero-order valence-electron chi connectivity index (χ0n) is 12.0. The van der Waals surface area contributed by atoms with Gasteiger partial charge in [0.25, 0.3) is 5.91 Å². The number of carbonyl (C=O) groups is 1. The number of rotatable bonds is 4. The molecular weight excluding hydrogens is 264 g/mol. The summed E-state index contributed by atoms with van der Waals surface area (Å²) < 4.78 is 5.37. The van der Waals surface area contributed by atoms with Crippen molar-refractivity contribution in [2.45, 2.75) is 13.8 Å². The van der Waals surface area contributed by atoms with Crippen molar-refractivity contribution in [3.05, 3.63) is 59.2 Å². The molecule has 2 rings (SSSR count). The maximum absolute atomic E-state index is 11.8. The summed E-state index contributed by atoms with van der Waals surface area (Å²) in [5.74, 6) is 0.340. The molecule has 0 aliphatic rings. The average Bonchev–Trinajstić information content (AvgIpc) is 2.49. The lowest BCUT2D eigenvalue weighted by molar-refractivity contribution is -0.118. The van der Waals surface area contributed by atoms with Gasteiger partial charge in [0.1, 0.15) is 5.75 Å². The molecule has 0 atom stereocenters. The molecule has 106 valence electrons. The van der Waals surface area contributed by atoms with Crippen LogP contribution in [-0.4, -0.2) is 12.5 Å². The Hall–Kier alpha value is -2.80. The van der Waals surface area contributed by atoms with E-state index in [9.17, 15) is 4.79 Å². The third-order valence-corrected chi connectivity index (χ3v) is 3.14. The van der Waals surface area contributed by atoms with Crippen molar-refractivity contribution in [3.8, 4) is 11.8 Å². The van der Waals surface area contributed by atoms with Gasteiger partial charge in [-0.3, -0.25) is 4.79 Å². The largest absolute Gasteiger partial charge is 0.484 e. The molecule has 2 aromatic carbocycles. The van der Waals surface area contributed by atoms with Gasteiger partial charge in [-0.05, 0) is 61.4 Å². The predicted molar refractivity (Wildman–Crippen MR) is 81.2 cm³/mol.